The summed E-state index contributed by atoms with van der Waals surface area (Å²) >= 11 is 0. The van der Waals surface area contributed by atoms with Gasteiger partial charge in [0.05, 0.1) is 22.1 Å². The monoisotopic (exact) mass is 380 g/mol. The van der Waals surface area contributed by atoms with Gasteiger partial charge in [-0.05, 0) is 37.3 Å². The van der Waals surface area contributed by atoms with E-state index in [9.17, 15) is 23.3 Å². The van der Waals surface area contributed by atoms with E-state index in [0.29, 0.717) is 16.7 Å². The van der Waals surface area contributed by atoms with Crippen molar-refractivity contribution in [2.24, 2.45) is 0 Å². The Bertz CT molecular complexity index is 910. The average molecular weight is 380 g/mol. The molecule has 9 nitrogen and oxygen atoms in total. The van der Waals surface area contributed by atoms with Crippen LogP contribution in [-0.2, 0) is 14.8 Å². The summed E-state index contributed by atoms with van der Waals surface area (Å²) in [6, 6.07) is 10.3. The molecule has 0 spiro atoms. The Labute approximate surface area is 149 Å². The smallest absolute Gasteiger partial charge is 0.324 e. The number of carboxylic acid groups (broad SMARTS) is 1. The Hall–Kier alpha value is -3.14. The number of non-ortho nitro benzene ring substituents is 1. The summed E-state index contributed by atoms with van der Waals surface area (Å²) in [7, 11) is -4.32. The zero-order chi connectivity index (χ0) is 19.3. The fraction of sp³-hybridized carbons (Fsp3) is 0.188. The van der Waals surface area contributed by atoms with Crippen LogP contribution in [0.15, 0.2) is 53.4 Å². The van der Waals surface area contributed by atoms with E-state index in [1.807, 2.05) is 0 Å². The lowest BCUT2D eigenvalue weighted by Gasteiger charge is -2.23. The van der Waals surface area contributed by atoms with Crippen molar-refractivity contribution in [2.75, 3.05) is 17.5 Å². The lowest BCUT2D eigenvalue weighted by molar-refractivity contribution is -0.385. The summed E-state index contributed by atoms with van der Waals surface area (Å²) in [5.74, 6) is -0.868. The first-order valence-electron chi connectivity index (χ1n) is 7.47. The fourth-order valence-electron chi connectivity index (χ4n) is 2.20. The van der Waals surface area contributed by atoms with Crippen LogP contribution in [0.1, 0.15) is 6.92 Å². The number of sulfonamides is 1. The molecule has 0 aliphatic carbocycles. The lowest BCUT2D eigenvalue weighted by Crippen LogP contribution is -2.35. The van der Waals surface area contributed by atoms with Crippen LogP contribution in [0, 0.1) is 10.1 Å². The van der Waals surface area contributed by atoms with Crippen molar-refractivity contribution in [2.45, 2.75) is 11.8 Å². The van der Waals surface area contributed by atoms with Crippen LogP contribution >= 0.6 is 0 Å². The highest BCUT2D eigenvalue weighted by molar-refractivity contribution is 7.92. The number of nitro groups is 1. The molecule has 2 aromatic rings. The normalized spacial score (nSPS) is 11.0. The number of nitrogens with zero attached hydrogens (tertiary/aromatic N) is 2. The van der Waals surface area contributed by atoms with Crippen molar-refractivity contribution >= 4 is 27.4 Å². The second kappa shape index (κ2) is 7.83. The van der Waals surface area contributed by atoms with Crippen molar-refractivity contribution in [1.29, 1.82) is 0 Å². The molecule has 138 valence electrons. The van der Waals surface area contributed by atoms with Gasteiger partial charge in [0.2, 0.25) is 0 Å². The van der Waals surface area contributed by atoms with Crippen molar-refractivity contribution in [3.8, 4) is 5.75 Å². The Kier molecular flexibility index (Phi) is 5.78. The Morgan fingerprint density at radius 2 is 1.88 bits per heavy atom. The van der Waals surface area contributed by atoms with E-state index in [2.05, 4.69) is 0 Å². The second-order valence-electron chi connectivity index (χ2n) is 5.09. The van der Waals surface area contributed by atoms with Gasteiger partial charge in [0.15, 0.2) is 0 Å². The third-order valence-corrected chi connectivity index (χ3v) is 5.10. The van der Waals surface area contributed by atoms with Crippen molar-refractivity contribution in [3.05, 3.63) is 58.6 Å². The highest BCUT2D eigenvalue weighted by Gasteiger charge is 2.28. The Morgan fingerprint density at radius 3 is 2.42 bits per heavy atom. The molecule has 1 N–H and O–H groups in total. The Morgan fingerprint density at radius 1 is 1.23 bits per heavy atom. The van der Waals surface area contributed by atoms with Gasteiger partial charge in [-0.25, -0.2) is 8.42 Å². The first kappa shape index (κ1) is 19.2. The van der Waals surface area contributed by atoms with Crippen LogP contribution in [0.5, 0.6) is 5.75 Å². The van der Waals surface area contributed by atoms with Crippen LogP contribution in [-0.4, -0.2) is 37.6 Å². The lowest BCUT2D eigenvalue weighted by atomic mass is 10.3. The maximum absolute atomic E-state index is 12.9. The number of carboxylic acids is 1. The summed E-state index contributed by atoms with van der Waals surface area (Å²) in [4.78, 5) is 21.0. The molecular weight excluding hydrogens is 364 g/mol. The third kappa shape index (κ3) is 4.28. The number of nitro benzene ring substituents is 1. The molecule has 2 aromatic carbocycles. The van der Waals surface area contributed by atoms with Gasteiger partial charge in [-0.3, -0.25) is 19.2 Å². The maximum atomic E-state index is 12.9. The quantitative estimate of drug-likeness (QED) is 0.550. The van der Waals surface area contributed by atoms with E-state index in [1.165, 1.54) is 36.4 Å². The van der Waals surface area contributed by atoms with Gasteiger partial charge in [0.1, 0.15) is 12.3 Å². The van der Waals surface area contributed by atoms with E-state index in [0.717, 1.165) is 12.1 Å². The third-order valence-electron chi connectivity index (χ3n) is 3.33. The SMILES string of the molecule is CCOc1ccc(N(CC(=O)O)S(=O)(=O)c2cccc([N+](=O)[O-])c2)cc1. The molecule has 0 saturated heterocycles. The summed E-state index contributed by atoms with van der Waals surface area (Å²) in [5.41, 5.74) is -0.310. The number of ether oxygens (including phenoxy) is 1. The van der Waals surface area contributed by atoms with Crippen LogP contribution < -0.4 is 9.04 Å². The average Bonchev–Trinajstić information content (AvgIpc) is 2.60. The van der Waals surface area contributed by atoms with E-state index in [4.69, 9.17) is 9.84 Å². The number of benzene rings is 2. The molecule has 0 radical (unpaired) electrons. The largest absolute Gasteiger partial charge is 0.494 e. The minimum absolute atomic E-state index is 0.0994. The van der Waals surface area contributed by atoms with Gasteiger partial charge in [0, 0.05) is 12.1 Å². The van der Waals surface area contributed by atoms with E-state index < -0.39 is 33.1 Å². The minimum atomic E-state index is -4.32. The predicted octanol–water partition coefficient (Wildman–Crippen LogP) is 2.27. The van der Waals surface area contributed by atoms with Crippen LogP contribution in [0.2, 0.25) is 0 Å². The molecule has 0 fully saturated rings. The highest BCUT2D eigenvalue weighted by Crippen LogP contribution is 2.27. The van der Waals surface area contributed by atoms with Crippen molar-refractivity contribution < 1.29 is 28.0 Å². The molecule has 0 bridgehead atoms. The number of hydrogen-bond acceptors (Lipinski definition) is 6. The van der Waals surface area contributed by atoms with Gasteiger partial charge < -0.3 is 9.84 Å². The summed E-state index contributed by atoms with van der Waals surface area (Å²) in [6.45, 7) is 1.38. The van der Waals surface area contributed by atoms with Crippen LogP contribution in [0.3, 0.4) is 0 Å². The van der Waals surface area contributed by atoms with Gasteiger partial charge in [-0.1, -0.05) is 6.07 Å². The van der Waals surface area contributed by atoms with Crippen LogP contribution in [0.25, 0.3) is 0 Å². The summed E-state index contributed by atoms with van der Waals surface area (Å²) < 4.78 is 31.7. The predicted molar refractivity (Wildman–Crippen MR) is 92.9 cm³/mol. The summed E-state index contributed by atoms with van der Waals surface area (Å²) in [6.07, 6.45) is 0. The first-order valence-corrected chi connectivity index (χ1v) is 8.91. The first-order chi connectivity index (χ1) is 12.3. The molecule has 0 saturated carbocycles. The van der Waals surface area contributed by atoms with Gasteiger partial charge >= 0.3 is 5.97 Å². The molecule has 0 atom stereocenters. The minimum Gasteiger partial charge on any atom is -0.494 e. The van der Waals surface area contributed by atoms with Crippen molar-refractivity contribution in [3.63, 3.8) is 0 Å². The van der Waals surface area contributed by atoms with E-state index in [1.54, 1.807) is 6.92 Å². The molecule has 0 aliphatic heterocycles. The molecule has 26 heavy (non-hydrogen) atoms. The Balaban J connectivity index is 2.49. The molecule has 0 aromatic heterocycles. The van der Waals surface area contributed by atoms with Gasteiger partial charge in [0.25, 0.3) is 15.7 Å². The molecule has 2 rings (SSSR count). The molecule has 0 unspecified atom stereocenters. The zero-order valence-corrected chi connectivity index (χ0v) is 14.5. The molecule has 0 heterocycles. The molecule has 10 heteroatoms. The molecular formula is C16H16N2O7S. The number of rotatable bonds is 8. The van der Waals surface area contributed by atoms with Crippen LogP contribution in [0.4, 0.5) is 11.4 Å². The summed E-state index contributed by atoms with van der Waals surface area (Å²) in [5, 5.41) is 20.0. The number of hydrogen-bond donors (Lipinski definition) is 1. The highest BCUT2D eigenvalue weighted by atomic mass is 32.2. The maximum Gasteiger partial charge on any atom is 0.324 e. The molecule has 0 aliphatic rings. The van der Waals surface area contributed by atoms with E-state index >= 15 is 0 Å². The molecule has 0 amide bonds. The standard InChI is InChI=1S/C16H16N2O7S/c1-2-25-14-8-6-12(7-9-14)17(11-16(19)20)26(23,24)15-5-3-4-13(10-15)18(21)22/h3-10H,2,11H2,1H3,(H,19,20). The van der Waals surface area contributed by atoms with E-state index in [-0.39, 0.29) is 10.6 Å². The van der Waals surface area contributed by atoms with Gasteiger partial charge in [-0.15, -0.1) is 0 Å². The number of anilines is 1. The second-order valence-corrected chi connectivity index (χ2v) is 6.95. The zero-order valence-electron chi connectivity index (χ0n) is 13.7. The fourth-order valence-corrected chi connectivity index (χ4v) is 3.65. The van der Waals surface area contributed by atoms with Crippen molar-refractivity contribution in [1.82, 2.24) is 0 Å². The van der Waals surface area contributed by atoms with Gasteiger partial charge in [-0.2, -0.15) is 0 Å². The number of aliphatic carboxylic acids is 1. The number of carbonyl (C=O) groups is 1. The topological polar surface area (TPSA) is 127 Å².